The van der Waals surface area contributed by atoms with E-state index in [9.17, 15) is 4.79 Å². The van der Waals surface area contributed by atoms with Gasteiger partial charge in [0.15, 0.2) is 5.13 Å². The molecule has 2 aromatic heterocycles. The number of pyridine rings is 1. The second-order valence-electron chi connectivity index (χ2n) is 5.20. The summed E-state index contributed by atoms with van der Waals surface area (Å²) < 4.78 is 0. The number of aromatic nitrogens is 2. The van der Waals surface area contributed by atoms with Gasteiger partial charge in [0.25, 0.3) is 5.91 Å². The Balaban J connectivity index is 1.74. The summed E-state index contributed by atoms with van der Waals surface area (Å²) in [6.07, 6.45) is 1.47. The Morgan fingerprint density at radius 1 is 1.55 bits per heavy atom. The smallest absolute Gasteiger partial charge is 0.260 e. The average Bonchev–Trinajstić information content (AvgIpc) is 2.96. The van der Waals surface area contributed by atoms with Crippen LogP contribution < -0.4 is 21.3 Å². The fourth-order valence-electron chi connectivity index (χ4n) is 2.36. The van der Waals surface area contributed by atoms with Crippen LogP contribution in [0.2, 0.25) is 0 Å². The third-order valence-corrected chi connectivity index (χ3v) is 4.34. The molecule has 1 amide bonds. The third-order valence-electron chi connectivity index (χ3n) is 3.41. The van der Waals surface area contributed by atoms with Crippen molar-refractivity contribution in [3.05, 3.63) is 29.3 Å². The molecule has 1 atom stereocenters. The number of nitrogens with zero attached hydrogens (tertiary/aromatic N) is 3. The van der Waals surface area contributed by atoms with Crippen LogP contribution in [0, 0.1) is 0 Å². The maximum atomic E-state index is 11.1. The number of primary amides is 1. The van der Waals surface area contributed by atoms with Gasteiger partial charge in [0.05, 0.1) is 6.20 Å². The molecule has 1 fully saturated rings. The lowest BCUT2D eigenvalue weighted by Crippen LogP contribution is -2.49. The Morgan fingerprint density at radius 2 is 2.41 bits per heavy atom. The molecule has 0 aromatic carbocycles. The van der Waals surface area contributed by atoms with Gasteiger partial charge in [0.2, 0.25) is 0 Å². The van der Waals surface area contributed by atoms with Crippen molar-refractivity contribution in [1.82, 2.24) is 15.3 Å². The second kappa shape index (κ2) is 6.29. The monoisotopic (exact) mass is 318 g/mol. The first-order valence-electron chi connectivity index (χ1n) is 7.10. The lowest BCUT2D eigenvalue weighted by molar-refractivity contribution is 0.100. The highest BCUT2D eigenvalue weighted by Crippen LogP contribution is 2.23. The Morgan fingerprint density at radius 3 is 3.14 bits per heavy atom. The third kappa shape index (κ3) is 3.34. The van der Waals surface area contributed by atoms with Crippen molar-refractivity contribution in [1.29, 1.82) is 0 Å². The minimum Gasteiger partial charge on any atom is -0.365 e. The lowest BCUT2D eigenvalue weighted by atomic mass is 10.2. The van der Waals surface area contributed by atoms with E-state index < -0.39 is 5.91 Å². The van der Waals surface area contributed by atoms with Crippen molar-refractivity contribution in [3.8, 4) is 0 Å². The molecule has 8 heteroatoms. The molecule has 0 radical (unpaired) electrons. The van der Waals surface area contributed by atoms with E-state index in [2.05, 4.69) is 32.4 Å². The number of anilines is 3. The summed E-state index contributed by atoms with van der Waals surface area (Å²) in [5.74, 6) is 1.17. The molecule has 116 valence electrons. The summed E-state index contributed by atoms with van der Waals surface area (Å²) in [6, 6.07) is 6.28. The highest BCUT2D eigenvalue weighted by molar-refractivity contribution is 7.17. The van der Waals surface area contributed by atoms with Crippen LogP contribution in [-0.2, 0) is 0 Å². The van der Waals surface area contributed by atoms with Crippen LogP contribution in [0.5, 0.6) is 0 Å². The summed E-state index contributed by atoms with van der Waals surface area (Å²) in [6.45, 7) is 4.98. The first-order valence-corrected chi connectivity index (χ1v) is 7.91. The lowest BCUT2D eigenvalue weighted by Gasteiger charge is -2.32. The summed E-state index contributed by atoms with van der Waals surface area (Å²) in [4.78, 5) is 22.5. The first kappa shape index (κ1) is 14.7. The molecular weight excluding hydrogens is 300 g/mol. The topological polar surface area (TPSA) is 96.2 Å². The molecule has 0 unspecified atom stereocenters. The van der Waals surface area contributed by atoms with E-state index in [4.69, 9.17) is 5.73 Å². The molecule has 1 aliphatic heterocycles. The Kier molecular flexibility index (Phi) is 4.21. The molecular formula is C14H18N6OS. The van der Waals surface area contributed by atoms with Gasteiger partial charge >= 0.3 is 0 Å². The summed E-state index contributed by atoms with van der Waals surface area (Å²) in [5, 5.41) is 7.13. The number of nitrogens with two attached hydrogens (primary N) is 1. The van der Waals surface area contributed by atoms with Gasteiger partial charge in [-0.1, -0.05) is 17.4 Å². The number of rotatable bonds is 4. The highest BCUT2D eigenvalue weighted by Gasteiger charge is 2.17. The Labute approximate surface area is 132 Å². The number of nitrogens with one attached hydrogen (secondary N) is 2. The van der Waals surface area contributed by atoms with Crippen molar-refractivity contribution >= 4 is 34.0 Å². The number of carbonyl (C=O) groups is 1. The zero-order valence-electron chi connectivity index (χ0n) is 12.2. The number of hydrogen-bond acceptors (Lipinski definition) is 7. The molecule has 0 saturated carbocycles. The summed E-state index contributed by atoms with van der Waals surface area (Å²) in [7, 11) is 0. The fraction of sp³-hybridized carbons (Fsp3) is 0.357. The number of thiazole rings is 1. The minimum atomic E-state index is -0.470. The zero-order chi connectivity index (χ0) is 15.5. The van der Waals surface area contributed by atoms with E-state index in [0.717, 1.165) is 25.5 Å². The number of piperazine rings is 1. The van der Waals surface area contributed by atoms with E-state index in [1.807, 2.05) is 18.2 Å². The van der Waals surface area contributed by atoms with E-state index >= 15 is 0 Å². The van der Waals surface area contributed by atoms with Gasteiger partial charge in [0.1, 0.15) is 16.5 Å². The van der Waals surface area contributed by atoms with Crippen LogP contribution in [0.25, 0.3) is 0 Å². The quantitative estimate of drug-likeness (QED) is 0.783. The van der Waals surface area contributed by atoms with Crippen LogP contribution in [0.3, 0.4) is 0 Å². The van der Waals surface area contributed by atoms with Crippen LogP contribution in [-0.4, -0.2) is 41.6 Å². The SMILES string of the molecule is C[C@H]1CN(c2cccc(Nc3ncc(C(N)=O)s3)n2)CCN1. The van der Waals surface area contributed by atoms with Gasteiger partial charge in [-0.3, -0.25) is 4.79 Å². The maximum Gasteiger partial charge on any atom is 0.260 e. The van der Waals surface area contributed by atoms with Gasteiger partial charge in [-0.25, -0.2) is 9.97 Å². The van der Waals surface area contributed by atoms with Crippen molar-refractivity contribution in [2.24, 2.45) is 5.73 Å². The van der Waals surface area contributed by atoms with Crippen LogP contribution in [0.1, 0.15) is 16.6 Å². The van der Waals surface area contributed by atoms with Crippen molar-refractivity contribution in [3.63, 3.8) is 0 Å². The minimum absolute atomic E-state index is 0.426. The predicted molar refractivity (Wildman–Crippen MR) is 87.8 cm³/mol. The van der Waals surface area contributed by atoms with Gasteiger partial charge in [-0.05, 0) is 19.1 Å². The molecule has 2 aromatic rings. The van der Waals surface area contributed by atoms with Crippen LogP contribution >= 0.6 is 11.3 Å². The molecule has 7 nitrogen and oxygen atoms in total. The van der Waals surface area contributed by atoms with Crippen molar-refractivity contribution in [2.75, 3.05) is 29.9 Å². The van der Waals surface area contributed by atoms with Gasteiger partial charge in [0, 0.05) is 25.7 Å². The van der Waals surface area contributed by atoms with Crippen molar-refractivity contribution in [2.45, 2.75) is 13.0 Å². The van der Waals surface area contributed by atoms with E-state index in [-0.39, 0.29) is 0 Å². The fourth-order valence-corrected chi connectivity index (χ4v) is 3.04. The van der Waals surface area contributed by atoms with Crippen molar-refractivity contribution < 1.29 is 4.79 Å². The molecule has 22 heavy (non-hydrogen) atoms. The van der Waals surface area contributed by atoms with E-state index in [1.165, 1.54) is 17.5 Å². The first-order chi connectivity index (χ1) is 10.6. The summed E-state index contributed by atoms with van der Waals surface area (Å²) >= 11 is 1.22. The largest absolute Gasteiger partial charge is 0.365 e. The molecule has 0 spiro atoms. The zero-order valence-corrected chi connectivity index (χ0v) is 13.1. The molecule has 0 aliphatic carbocycles. The normalized spacial score (nSPS) is 18.2. The molecule has 1 aliphatic rings. The number of carbonyl (C=O) groups excluding carboxylic acids is 1. The van der Waals surface area contributed by atoms with Crippen LogP contribution in [0.15, 0.2) is 24.4 Å². The van der Waals surface area contributed by atoms with E-state index in [1.54, 1.807) is 0 Å². The Hall–Kier alpha value is -2.19. The maximum absolute atomic E-state index is 11.1. The average molecular weight is 318 g/mol. The van der Waals surface area contributed by atoms with E-state index in [0.29, 0.717) is 21.9 Å². The molecule has 3 rings (SSSR count). The number of hydrogen-bond donors (Lipinski definition) is 3. The highest BCUT2D eigenvalue weighted by atomic mass is 32.1. The molecule has 1 saturated heterocycles. The molecule has 0 bridgehead atoms. The summed E-state index contributed by atoms with van der Waals surface area (Å²) in [5.41, 5.74) is 5.23. The molecule has 4 N–H and O–H groups in total. The second-order valence-corrected chi connectivity index (χ2v) is 6.23. The predicted octanol–water partition coefficient (Wildman–Crippen LogP) is 1.18. The Bertz CT molecular complexity index is 673. The standard InChI is InChI=1S/C14H18N6OS/c1-9-8-20(6-5-16-9)12-4-2-3-11(18-12)19-14-17-7-10(22-14)13(15)21/h2-4,7,9,16H,5-6,8H2,1H3,(H2,15,21)(H,17,18,19)/t9-/m0/s1. The molecule has 3 heterocycles. The van der Waals surface area contributed by atoms with Crippen LogP contribution in [0.4, 0.5) is 16.8 Å². The van der Waals surface area contributed by atoms with Gasteiger partial charge in [-0.2, -0.15) is 0 Å². The van der Waals surface area contributed by atoms with Gasteiger partial charge < -0.3 is 21.3 Å². The van der Waals surface area contributed by atoms with Gasteiger partial charge in [-0.15, -0.1) is 0 Å². The number of amides is 1.